The third-order valence-electron chi connectivity index (χ3n) is 2.21. The van der Waals surface area contributed by atoms with Crippen LogP contribution in [0.2, 0.25) is 0 Å². The van der Waals surface area contributed by atoms with Crippen LogP contribution in [0.1, 0.15) is 12.5 Å². The fourth-order valence-corrected chi connectivity index (χ4v) is 1.87. The third-order valence-corrected chi connectivity index (χ3v) is 2.69. The Kier molecular flexibility index (Phi) is 5.51. The minimum Gasteiger partial charge on any atom is -0.331 e. The quantitative estimate of drug-likeness (QED) is 0.609. The van der Waals surface area contributed by atoms with Crippen LogP contribution in [0.5, 0.6) is 0 Å². The van der Waals surface area contributed by atoms with Crippen LogP contribution in [0.25, 0.3) is 0 Å². The third kappa shape index (κ3) is 4.89. The zero-order valence-corrected chi connectivity index (χ0v) is 12.3. The number of hydrogen-bond acceptors (Lipinski definition) is 1. The van der Waals surface area contributed by atoms with Gasteiger partial charge < -0.3 is 4.90 Å². The molecule has 1 rings (SSSR count). The van der Waals surface area contributed by atoms with Gasteiger partial charge in [-0.1, -0.05) is 77.3 Å². The van der Waals surface area contributed by atoms with E-state index in [1.807, 2.05) is 37.3 Å². The van der Waals surface area contributed by atoms with Gasteiger partial charge in [-0.3, -0.25) is 4.79 Å². The number of rotatable bonds is 4. The van der Waals surface area contributed by atoms with E-state index in [1.54, 1.807) is 0 Å². The number of halogens is 3. The molecule has 0 aliphatic heterocycles. The lowest BCUT2D eigenvalue weighted by molar-refractivity contribution is -0.130. The second-order valence-electron chi connectivity index (χ2n) is 4.10. The van der Waals surface area contributed by atoms with E-state index in [0.717, 1.165) is 11.1 Å². The first-order valence-electron chi connectivity index (χ1n) is 5.35. The predicted molar refractivity (Wildman–Crippen MR) is 77.0 cm³/mol. The summed E-state index contributed by atoms with van der Waals surface area (Å²) in [6, 6.07) is 9.53. The van der Waals surface area contributed by atoms with Crippen LogP contribution in [0.4, 0.5) is 0 Å². The van der Waals surface area contributed by atoms with E-state index in [0.29, 0.717) is 13.1 Å². The number of hydrogen-bond donors (Lipinski definition) is 0. The largest absolute Gasteiger partial charge is 0.331 e. The topological polar surface area (TPSA) is 20.3 Å². The van der Waals surface area contributed by atoms with E-state index in [2.05, 4.69) is 6.58 Å². The first-order valence-corrected chi connectivity index (χ1v) is 6.48. The fourth-order valence-electron chi connectivity index (χ4n) is 1.51. The first-order chi connectivity index (χ1) is 8.30. The average Bonchev–Trinajstić information content (AvgIpc) is 2.26. The van der Waals surface area contributed by atoms with Gasteiger partial charge in [0.05, 0.1) is 0 Å². The normalized spacial score (nSPS) is 11.1. The minimum atomic E-state index is -1.94. The molecule has 5 heteroatoms. The SMILES string of the molecule is C=C(C)CN(Cc1ccccc1)C(=O)C(Cl)(Cl)Cl. The van der Waals surface area contributed by atoms with Gasteiger partial charge in [0, 0.05) is 13.1 Å². The highest BCUT2D eigenvalue weighted by atomic mass is 35.6. The maximum absolute atomic E-state index is 12.0. The van der Waals surface area contributed by atoms with Crippen LogP contribution in [0, 0.1) is 0 Å². The summed E-state index contributed by atoms with van der Waals surface area (Å²) in [4.78, 5) is 13.5. The number of carbonyl (C=O) groups is 1. The number of benzene rings is 1. The molecule has 0 aliphatic carbocycles. The van der Waals surface area contributed by atoms with E-state index in [-0.39, 0.29) is 0 Å². The monoisotopic (exact) mass is 305 g/mol. The molecule has 0 atom stereocenters. The van der Waals surface area contributed by atoms with E-state index >= 15 is 0 Å². The molecule has 1 aromatic rings. The second kappa shape index (κ2) is 6.46. The van der Waals surface area contributed by atoms with Gasteiger partial charge in [-0.15, -0.1) is 0 Å². The fraction of sp³-hybridized carbons (Fsp3) is 0.308. The summed E-state index contributed by atoms with van der Waals surface area (Å²) in [5.74, 6) is -0.542. The first kappa shape index (κ1) is 15.4. The van der Waals surface area contributed by atoms with Gasteiger partial charge in [0.15, 0.2) is 0 Å². The Bertz CT molecular complexity index is 426. The molecule has 18 heavy (non-hydrogen) atoms. The van der Waals surface area contributed by atoms with Crippen molar-refractivity contribution in [2.45, 2.75) is 17.3 Å². The van der Waals surface area contributed by atoms with E-state index in [4.69, 9.17) is 34.8 Å². The molecule has 0 saturated heterocycles. The van der Waals surface area contributed by atoms with Gasteiger partial charge in [0.25, 0.3) is 9.70 Å². The standard InChI is InChI=1S/C13H14Cl3NO/c1-10(2)8-17(12(18)13(14,15)16)9-11-6-4-3-5-7-11/h3-7H,1,8-9H2,2H3. The van der Waals surface area contributed by atoms with Crippen molar-refractivity contribution in [2.75, 3.05) is 6.54 Å². The zero-order valence-electron chi connectivity index (χ0n) is 10.00. The summed E-state index contributed by atoms with van der Waals surface area (Å²) in [6.45, 7) is 6.35. The Morgan fingerprint density at radius 1 is 1.28 bits per heavy atom. The molecule has 0 spiro atoms. The molecular weight excluding hydrogens is 293 g/mol. The summed E-state index contributed by atoms with van der Waals surface area (Å²) in [6.07, 6.45) is 0. The number of nitrogens with zero attached hydrogens (tertiary/aromatic N) is 1. The van der Waals surface area contributed by atoms with Gasteiger partial charge in [0.2, 0.25) is 0 Å². The van der Waals surface area contributed by atoms with Crippen LogP contribution in [0.15, 0.2) is 42.5 Å². The maximum atomic E-state index is 12.0. The molecule has 0 saturated carbocycles. The summed E-state index contributed by atoms with van der Waals surface area (Å²) in [5, 5.41) is 0. The van der Waals surface area contributed by atoms with Gasteiger partial charge in [0.1, 0.15) is 0 Å². The minimum absolute atomic E-state index is 0.363. The number of alkyl halides is 3. The Morgan fingerprint density at radius 3 is 2.28 bits per heavy atom. The molecule has 98 valence electrons. The van der Waals surface area contributed by atoms with Gasteiger partial charge >= 0.3 is 0 Å². The lowest BCUT2D eigenvalue weighted by Gasteiger charge is -2.26. The molecule has 1 aromatic carbocycles. The van der Waals surface area contributed by atoms with Crippen LogP contribution >= 0.6 is 34.8 Å². The van der Waals surface area contributed by atoms with Crippen molar-refractivity contribution in [1.29, 1.82) is 0 Å². The highest BCUT2D eigenvalue weighted by molar-refractivity contribution is 6.76. The van der Waals surface area contributed by atoms with Gasteiger partial charge in [-0.2, -0.15) is 0 Å². The summed E-state index contributed by atoms with van der Waals surface area (Å²) >= 11 is 16.9. The van der Waals surface area contributed by atoms with Crippen molar-refractivity contribution in [3.63, 3.8) is 0 Å². The molecule has 2 nitrogen and oxygen atoms in total. The Balaban J connectivity index is 2.86. The molecule has 0 aromatic heterocycles. The van der Waals surface area contributed by atoms with Crippen molar-refractivity contribution < 1.29 is 4.79 Å². The zero-order chi connectivity index (χ0) is 13.8. The van der Waals surface area contributed by atoms with Crippen LogP contribution < -0.4 is 0 Å². The molecule has 0 unspecified atom stereocenters. The van der Waals surface area contributed by atoms with Crippen molar-refractivity contribution in [2.24, 2.45) is 0 Å². The lowest BCUT2D eigenvalue weighted by atomic mass is 10.2. The molecule has 0 fully saturated rings. The smallest absolute Gasteiger partial charge is 0.275 e. The average molecular weight is 307 g/mol. The summed E-state index contributed by atoms with van der Waals surface area (Å²) in [5.41, 5.74) is 1.80. The van der Waals surface area contributed by atoms with Gasteiger partial charge in [-0.05, 0) is 12.5 Å². The van der Waals surface area contributed by atoms with E-state index in [1.165, 1.54) is 4.90 Å². The van der Waals surface area contributed by atoms with E-state index < -0.39 is 9.70 Å². The molecule has 0 heterocycles. The van der Waals surface area contributed by atoms with Crippen molar-refractivity contribution in [1.82, 2.24) is 4.90 Å². The maximum Gasteiger partial charge on any atom is 0.275 e. The number of carbonyl (C=O) groups excluding carboxylic acids is 1. The lowest BCUT2D eigenvalue weighted by Crippen LogP contribution is -2.39. The highest BCUT2D eigenvalue weighted by Gasteiger charge is 2.35. The Morgan fingerprint density at radius 2 is 1.83 bits per heavy atom. The molecule has 1 amide bonds. The molecule has 0 radical (unpaired) electrons. The van der Waals surface area contributed by atoms with Crippen LogP contribution in [0.3, 0.4) is 0 Å². The molecular formula is C13H14Cl3NO. The molecule has 0 N–H and O–H groups in total. The molecule has 0 bridgehead atoms. The summed E-state index contributed by atoms with van der Waals surface area (Å²) in [7, 11) is 0. The molecule has 0 aliphatic rings. The second-order valence-corrected chi connectivity index (χ2v) is 6.38. The van der Waals surface area contributed by atoms with Crippen molar-refractivity contribution in [3.05, 3.63) is 48.0 Å². The van der Waals surface area contributed by atoms with E-state index in [9.17, 15) is 4.79 Å². The highest BCUT2D eigenvalue weighted by Crippen LogP contribution is 2.29. The van der Waals surface area contributed by atoms with Gasteiger partial charge in [-0.25, -0.2) is 0 Å². The number of amides is 1. The Hall–Kier alpha value is -0.700. The van der Waals surface area contributed by atoms with Crippen LogP contribution in [-0.2, 0) is 11.3 Å². The van der Waals surface area contributed by atoms with Crippen LogP contribution in [-0.4, -0.2) is 21.1 Å². The van der Waals surface area contributed by atoms with Crippen molar-refractivity contribution >= 4 is 40.7 Å². The Labute approximate surface area is 122 Å². The van der Waals surface area contributed by atoms with Crippen molar-refractivity contribution in [3.8, 4) is 0 Å². The predicted octanol–water partition coefficient (Wildman–Crippen LogP) is 3.96. The summed E-state index contributed by atoms with van der Waals surface area (Å²) < 4.78 is -1.94.